The fourth-order valence-corrected chi connectivity index (χ4v) is 3.52. The van der Waals surface area contributed by atoms with E-state index in [-0.39, 0.29) is 17.9 Å². The summed E-state index contributed by atoms with van der Waals surface area (Å²) in [6.07, 6.45) is -0.790. The molecule has 0 saturated carbocycles. The highest BCUT2D eigenvalue weighted by Crippen LogP contribution is 2.19. The van der Waals surface area contributed by atoms with Crippen LogP contribution in [0, 0.1) is 6.92 Å². The summed E-state index contributed by atoms with van der Waals surface area (Å²) < 4.78 is 6.25. The number of para-hydroxylation sites is 1. The fourth-order valence-electron chi connectivity index (χ4n) is 2.72. The van der Waals surface area contributed by atoms with Crippen LogP contribution < -0.4 is 10.9 Å². The highest BCUT2D eigenvalue weighted by atomic mass is 32.2. The molecule has 0 aliphatic heterocycles. The number of fused-ring (bicyclic) bond motifs is 1. The van der Waals surface area contributed by atoms with Crippen LogP contribution in [0.3, 0.4) is 0 Å². The third kappa shape index (κ3) is 5.23. The number of carbonyl (C=O) groups is 2. The van der Waals surface area contributed by atoms with E-state index in [9.17, 15) is 14.4 Å². The van der Waals surface area contributed by atoms with E-state index in [1.54, 1.807) is 35.8 Å². The van der Waals surface area contributed by atoms with Crippen LogP contribution in [0.5, 0.6) is 0 Å². The number of hydrogen-bond acceptors (Lipinski definition) is 6. The summed E-state index contributed by atoms with van der Waals surface area (Å²) in [6, 6.07) is 15.0. The van der Waals surface area contributed by atoms with Crippen LogP contribution in [0.25, 0.3) is 10.9 Å². The second-order valence-electron chi connectivity index (χ2n) is 6.35. The van der Waals surface area contributed by atoms with Gasteiger partial charge < -0.3 is 4.74 Å². The molecule has 7 nitrogen and oxygen atoms in total. The van der Waals surface area contributed by atoms with Crippen molar-refractivity contribution in [2.75, 3.05) is 12.4 Å². The molecule has 1 aromatic heterocycles. The van der Waals surface area contributed by atoms with Crippen LogP contribution in [0.1, 0.15) is 18.1 Å². The number of aryl methyl sites for hydroxylation is 1. The summed E-state index contributed by atoms with van der Waals surface area (Å²) in [5.41, 5.74) is 2.46. The molecule has 2 aromatic carbocycles. The number of benzene rings is 2. The smallest absolute Gasteiger partial charge is 0.413 e. The molecule has 0 aliphatic rings. The lowest BCUT2D eigenvalue weighted by Gasteiger charge is -2.13. The van der Waals surface area contributed by atoms with Crippen LogP contribution in [0.15, 0.2) is 58.5 Å². The summed E-state index contributed by atoms with van der Waals surface area (Å²) in [7, 11) is 0. The molecule has 150 valence electrons. The van der Waals surface area contributed by atoms with Crippen LogP contribution in [0.4, 0.5) is 4.79 Å². The zero-order valence-electron chi connectivity index (χ0n) is 16.2. The zero-order valence-corrected chi connectivity index (χ0v) is 17.0. The number of imide groups is 1. The third-order valence-corrected chi connectivity index (χ3v) is 5.11. The number of ether oxygens (including phenoxy) is 1. The largest absolute Gasteiger partial charge is 0.450 e. The molecule has 1 N–H and O–H groups in total. The first-order valence-electron chi connectivity index (χ1n) is 9.12. The summed E-state index contributed by atoms with van der Waals surface area (Å²) in [4.78, 5) is 41.0. The second-order valence-corrected chi connectivity index (χ2v) is 7.29. The predicted molar refractivity (Wildman–Crippen MR) is 112 cm³/mol. The molecule has 2 amide bonds. The third-order valence-electron chi connectivity index (χ3n) is 4.14. The first-order valence-corrected chi connectivity index (χ1v) is 10.1. The molecule has 0 atom stereocenters. The van der Waals surface area contributed by atoms with Gasteiger partial charge in [0.15, 0.2) is 5.16 Å². The van der Waals surface area contributed by atoms with Gasteiger partial charge in [0.05, 0.1) is 29.8 Å². The molecular formula is C21H21N3O4S. The lowest BCUT2D eigenvalue weighted by Crippen LogP contribution is -2.32. The van der Waals surface area contributed by atoms with Gasteiger partial charge in [0.2, 0.25) is 5.91 Å². The Bertz CT molecular complexity index is 1090. The fraction of sp³-hybridized carbons (Fsp3) is 0.238. The maximum absolute atomic E-state index is 13.1. The van der Waals surface area contributed by atoms with Gasteiger partial charge in [0.25, 0.3) is 5.56 Å². The highest BCUT2D eigenvalue weighted by Gasteiger charge is 2.15. The normalized spacial score (nSPS) is 10.7. The van der Waals surface area contributed by atoms with Crippen molar-refractivity contribution in [2.45, 2.75) is 25.5 Å². The van der Waals surface area contributed by atoms with Gasteiger partial charge in [-0.15, -0.1) is 0 Å². The lowest BCUT2D eigenvalue weighted by molar-refractivity contribution is -0.117. The van der Waals surface area contributed by atoms with Crippen molar-refractivity contribution in [3.8, 4) is 0 Å². The van der Waals surface area contributed by atoms with E-state index >= 15 is 0 Å². The van der Waals surface area contributed by atoms with Gasteiger partial charge in [-0.25, -0.2) is 9.78 Å². The standard InChI is InChI=1S/C21H21N3O4S/c1-3-28-21(27)23-18(25)13-29-20-22-17-7-5-4-6-16(17)19(26)24(20)12-15-10-8-14(2)9-11-15/h4-11H,3,12-13H2,1-2H3,(H,23,25,27). The SMILES string of the molecule is CCOC(=O)NC(=O)CSc1nc2ccccc2c(=O)n1Cc1ccc(C)cc1. The van der Waals surface area contributed by atoms with Crippen molar-refractivity contribution in [3.63, 3.8) is 0 Å². The number of rotatable bonds is 6. The maximum Gasteiger partial charge on any atom is 0.413 e. The summed E-state index contributed by atoms with van der Waals surface area (Å²) in [6.45, 7) is 4.16. The molecule has 0 saturated heterocycles. The number of carbonyl (C=O) groups excluding carboxylic acids is 2. The minimum Gasteiger partial charge on any atom is -0.450 e. The molecule has 29 heavy (non-hydrogen) atoms. The monoisotopic (exact) mass is 411 g/mol. The van der Waals surface area contributed by atoms with E-state index in [2.05, 4.69) is 10.3 Å². The number of alkyl carbamates (subject to hydrolysis) is 1. The molecular weight excluding hydrogens is 390 g/mol. The van der Waals surface area contributed by atoms with Crippen LogP contribution in [0.2, 0.25) is 0 Å². The van der Waals surface area contributed by atoms with E-state index in [0.717, 1.165) is 22.9 Å². The van der Waals surface area contributed by atoms with Crippen molar-refractivity contribution in [3.05, 3.63) is 70.0 Å². The van der Waals surface area contributed by atoms with Gasteiger partial charge in [-0.3, -0.25) is 19.5 Å². The van der Waals surface area contributed by atoms with Crippen LogP contribution >= 0.6 is 11.8 Å². The van der Waals surface area contributed by atoms with Crippen LogP contribution in [-0.4, -0.2) is 33.9 Å². The molecule has 3 rings (SSSR count). The molecule has 0 fully saturated rings. The molecule has 0 radical (unpaired) electrons. The van der Waals surface area contributed by atoms with E-state index in [0.29, 0.717) is 22.6 Å². The van der Waals surface area contributed by atoms with Gasteiger partial charge in [-0.2, -0.15) is 0 Å². The molecule has 8 heteroatoms. The number of thioether (sulfide) groups is 1. The van der Waals surface area contributed by atoms with Gasteiger partial charge >= 0.3 is 6.09 Å². The molecule has 0 spiro atoms. The van der Waals surface area contributed by atoms with Crippen molar-refractivity contribution in [1.82, 2.24) is 14.9 Å². The highest BCUT2D eigenvalue weighted by molar-refractivity contribution is 7.99. The maximum atomic E-state index is 13.1. The Morgan fingerprint density at radius 2 is 1.86 bits per heavy atom. The molecule has 0 unspecified atom stereocenters. The van der Waals surface area contributed by atoms with Crippen molar-refractivity contribution in [2.24, 2.45) is 0 Å². The first-order chi connectivity index (χ1) is 14.0. The predicted octanol–water partition coefficient (Wildman–Crippen LogP) is 3.12. The van der Waals surface area contributed by atoms with Crippen molar-refractivity contribution < 1.29 is 14.3 Å². The Balaban J connectivity index is 1.89. The van der Waals surface area contributed by atoms with Gasteiger partial charge in [-0.1, -0.05) is 53.7 Å². The Morgan fingerprint density at radius 1 is 1.14 bits per heavy atom. The lowest BCUT2D eigenvalue weighted by atomic mass is 10.1. The summed E-state index contributed by atoms with van der Waals surface area (Å²) >= 11 is 1.10. The summed E-state index contributed by atoms with van der Waals surface area (Å²) in [5.74, 6) is -0.588. The summed E-state index contributed by atoms with van der Waals surface area (Å²) in [5, 5.41) is 3.07. The van der Waals surface area contributed by atoms with Gasteiger partial charge in [0.1, 0.15) is 0 Å². The van der Waals surface area contributed by atoms with E-state index in [1.165, 1.54) is 0 Å². The quantitative estimate of drug-likeness (QED) is 0.495. The molecule has 3 aromatic rings. The number of nitrogens with one attached hydrogen (secondary N) is 1. The Morgan fingerprint density at radius 3 is 2.59 bits per heavy atom. The zero-order chi connectivity index (χ0) is 20.8. The second kappa shape index (κ2) is 9.38. The average molecular weight is 411 g/mol. The first kappa shape index (κ1) is 20.6. The Hall–Kier alpha value is -3.13. The van der Waals surface area contributed by atoms with E-state index in [4.69, 9.17) is 4.74 Å². The van der Waals surface area contributed by atoms with E-state index < -0.39 is 12.0 Å². The molecule has 1 heterocycles. The number of nitrogens with zero attached hydrogens (tertiary/aromatic N) is 2. The van der Waals surface area contributed by atoms with E-state index in [1.807, 2.05) is 31.2 Å². The number of amides is 2. The number of aromatic nitrogens is 2. The number of hydrogen-bond donors (Lipinski definition) is 1. The van der Waals surface area contributed by atoms with Crippen molar-refractivity contribution in [1.29, 1.82) is 0 Å². The minimum absolute atomic E-state index is 0.0719. The van der Waals surface area contributed by atoms with Gasteiger partial charge in [-0.05, 0) is 31.5 Å². The average Bonchev–Trinajstić information content (AvgIpc) is 2.70. The van der Waals surface area contributed by atoms with Crippen LogP contribution in [-0.2, 0) is 16.1 Å². The topological polar surface area (TPSA) is 90.3 Å². The minimum atomic E-state index is -0.790. The van der Waals surface area contributed by atoms with Crippen molar-refractivity contribution >= 4 is 34.7 Å². The Labute approximate surface area is 172 Å². The molecule has 0 bridgehead atoms. The van der Waals surface area contributed by atoms with Gasteiger partial charge in [0, 0.05) is 0 Å². The molecule has 0 aliphatic carbocycles. The Kier molecular flexibility index (Phi) is 6.66.